The predicted molar refractivity (Wildman–Crippen MR) is 130 cm³/mol. The zero-order valence-electron chi connectivity index (χ0n) is 18.7. The molecule has 5 rings (SSSR count). The fourth-order valence-electron chi connectivity index (χ4n) is 4.10. The third-order valence-corrected chi connectivity index (χ3v) is 5.90. The highest BCUT2D eigenvalue weighted by atomic mass is 16.2. The van der Waals surface area contributed by atoms with Crippen molar-refractivity contribution in [2.75, 3.05) is 36.4 Å². The van der Waals surface area contributed by atoms with Crippen molar-refractivity contribution in [3.05, 3.63) is 73.3 Å². The SMILES string of the molecule is O=C(CCC(=O)N1CCN(c2ncccn2)CC1)Nc1ccc2c(c1)ncn2-c1ccccc1. The first-order chi connectivity index (χ1) is 16.7. The third-order valence-electron chi connectivity index (χ3n) is 5.90. The summed E-state index contributed by atoms with van der Waals surface area (Å²) < 4.78 is 2.00. The number of nitrogens with one attached hydrogen (secondary N) is 1. The lowest BCUT2D eigenvalue weighted by molar-refractivity contribution is -0.133. The zero-order chi connectivity index (χ0) is 23.3. The van der Waals surface area contributed by atoms with Crippen LogP contribution in [0.1, 0.15) is 12.8 Å². The fourth-order valence-corrected chi connectivity index (χ4v) is 4.10. The van der Waals surface area contributed by atoms with Crippen LogP contribution < -0.4 is 10.2 Å². The third kappa shape index (κ3) is 4.73. The number of imidazole rings is 1. The number of carbonyl (C=O) groups excluding carboxylic acids is 2. The van der Waals surface area contributed by atoms with Crippen LogP contribution in [-0.4, -0.2) is 62.4 Å². The number of piperazine rings is 1. The molecule has 1 fully saturated rings. The molecule has 4 aromatic rings. The maximum atomic E-state index is 12.6. The van der Waals surface area contributed by atoms with Crippen LogP contribution in [-0.2, 0) is 9.59 Å². The number of rotatable bonds is 6. The Bertz CT molecular complexity index is 1280. The maximum absolute atomic E-state index is 12.6. The van der Waals surface area contributed by atoms with Gasteiger partial charge in [-0.25, -0.2) is 15.0 Å². The van der Waals surface area contributed by atoms with Crippen molar-refractivity contribution in [2.45, 2.75) is 12.8 Å². The van der Waals surface area contributed by atoms with E-state index in [2.05, 4.69) is 25.2 Å². The summed E-state index contributed by atoms with van der Waals surface area (Å²) in [5.74, 6) is 0.479. The summed E-state index contributed by atoms with van der Waals surface area (Å²) in [6, 6.07) is 17.4. The highest BCUT2D eigenvalue weighted by Gasteiger charge is 2.22. The van der Waals surface area contributed by atoms with Gasteiger partial charge < -0.3 is 15.1 Å². The van der Waals surface area contributed by atoms with Crippen molar-refractivity contribution in [1.82, 2.24) is 24.4 Å². The summed E-state index contributed by atoms with van der Waals surface area (Å²) >= 11 is 0. The van der Waals surface area contributed by atoms with E-state index in [1.165, 1.54) is 0 Å². The molecule has 3 heterocycles. The molecule has 0 unspecified atom stereocenters. The average molecular weight is 456 g/mol. The largest absolute Gasteiger partial charge is 0.339 e. The van der Waals surface area contributed by atoms with Crippen molar-refractivity contribution in [2.24, 2.45) is 0 Å². The number of carbonyl (C=O) groups is 2. The van der Waals surface area contributed by atoms with Gasteiger partial charge in [0, 0.05) is 62.8 Å². The standard InChI is InChI=1S/C25H25N7O2/c33-23(9-10-24(34)30-13-15-31(16-14-30)25-26-11-4-12-27-25)29-19-7-8-22-21(17-19)28-18-32(22)20-5-2-1-3-6-20/h1-8,11-12,17-18H,9-10,13-16H2,(H,29,33). The molecular weight excluding hydrogens is 430 g/mol. The van der Waals surface area contributed by atoms with Crippen LogP contribution in [0.4, 0.5) is 11.6 Å². The molecule has 1 aliphatic rings. The number of aromatic nitrogens is 4. The molecule has 2 aromatic heterocycles. The van der Waals surface area contributed by atoms with E-state index in [9.17, 15) is 9.59 Å². The molecule has 9 nitrogen and oxygen atoms in total. The van der Waals surface area contributed by atoms with Crippen molar-refractivity contribution in [1.29, 1.82) is 0 Å². The van der Waals surface area contributed by atoms with Gasteiger partial charge in [-0.1, -0.05) is 18.2 Å². The van der Waals surface area contributed by atoms with Gasteiger partial charge in [0.15, 0.2) is 0 Å². The van der Waals surface area contributed by atoms with Crippen molar-refractivity contribution < 1.29 is 9.59 Å². The van der Waals surface area contributed by atoms with Gasteiger partial charge >= 0.3 is 0 Å². The summed E-state index contributed by atoms with van der Waals surface area (Å²) in [5.41, 5.74) is 3.44. The quantitative estimate of drug-likeness (QED) is 0.480. The molecule has 0 radical (unpaired) electrons. The van der Waals surface area contributed by atoms with Gasteiger partial charge in [-0.05, 0) is 36.4 Å². The first kappa shape index (κ1) is 21.6. The van der Waals surface area contributed by atoms with Crippen LogP contribution in [0.5, 0.6) is 0 Å². The van der Waals surface area contributed by atoms with E-state index >= 15 is 0 Å². The zero-order valence-corrected chi connectivity index (χ0v) is 18.7. The maximum Gasteiger partial charge on any atom is 0.225 e. The summed E-state index contributed by atoms with van der Waals surface area (Å²) in [6.07, 6.45) is 5.51. The Kier molecular flexibility index (Phi) is 6.15. The normalized spacial score (nSPS) is 13.8. The van der Waals surface area contributed by atoms with Gasteiger partial charge in [0.2, 0.25) is 17.8 Å². The molecule has 0 saturated carbocycles. The van der Waals surface area contributed by atoms with Gasteiger partial charge in [-0.3, -0.25) is 14.2 Å². The Morgan fingerprint density at radius 3 is 2.38 bits per heavy atom. The molecule has 0 bridgehead atoms. The molecule has 0 spiro atoms. The van der Waals surface area contributed by atoms with Gasteiger partial charge in [-0.15, -0.1) is 0 Å². The molecule has 1 N–H and O–H groups in total. The first-order valence-corrected chi connectivity index (χ1v) is 11.3. The number of anilines is 2. The van der Waals surface area contributed by atoms with Crippen molar-refractivity contribution in [3.8, 4) is 5.69 Å². The van der Waals surface area contributed by atoms with E-state index in [1.54, 1.807) is 29.7 Å². The highest BCUT2D eigenvalue weighted by molar-refractivity contribution is 5.95. The molecule has 0 atom stereocenters. The van der Waals surface area contributed by atoms with E-state index in [0.717, 1.165) is 16.7 Å². The number of benzene rings is 2. The molecule has 0 aliphatic carbocycles. The van der Waals surface area contributed by atoms with E-state index in [0.29, 0.717) is 37.8 Å². The minimum Gasteiger partial charge on any atom is -0.339 e. The lowest BCUT2D eigenvalue weighted by Gasteiger charge is -2.34. The van der Waals surface area contributed by atoms with Crippen molar-refractivity contribution in [3.63, 3.8) is 0 Å². The topological polar surface area (TPSA) is 96.2 Å². The summed E-state index contributed by atoms with van der Waals surface area (Å²) in [7, 11) is 0. The lowest BCUT2D eigenvalue weighted by Crippen LogP contribution is -2.49. The molecule has 34 heavy (non-hydrogen) atoms. The van der Waals surface area contributed by atoms with Crippen LogP contribution in [0, 0.1) is 0 Å². The summed E-state index contributed by atoms with van der Waals surface area (Å²) in [4.78, 5) is 41.9. The second-order valence-electron chi connectivity index (χ2n) is 8.12. The first-order valence-electron chi connectivity index (χ1n) is 11.3. The highest BCUT2D eigenvalue weighted by Crippen LogP contribution is 2.22. The van der Waals surface area contributed by atoms with Crippen LogP contribution in [0.2, 0.25) is 0 Å². The van der Waals surface area contributed by atoms with Gasteiger partial charge in [0.05, 0.1) is 11.0 Å². The van der Waals surface area contributed by atoms with E-state index in [1.807, 2.05) is 53.1 Å². The fraction of sp³-hybridized carbons (Fsp3) is 0.240. The van der Waals surface area contributed by atoms with E-state index < -0.39 is 0 Å². The number of amides is 2. The Balaban J connectivity index is 1.12. The van der Waals surface area contributed by atoms with Gasteiger partial charge in [0.1, 0.15) is 6.33 Å². The average Bonchev–Trinajstić information content (AvgIpc) is 3.32. The van der Waals surface area contributed by atoms with Gasteiger partial charge in [0.25, 0.3) is 0 Å². The number of fused-ring (bicyclic) bond motifs is 1. The molecule has 2 aromatic carbocycles. The Hall–Kier alpha value is -4.27. The van der Waals surface area contributed by atoms with Gasteiger partial charge in [-0.2, -0.15) is 0 Å². The second-order valence-corrected chi connectivity index (χ2v) is 8.12. The number of hydrogen-bond acceptors (Lipinski definition) is 6. The smallest absolute Gasteiger partial charge is 0.225 e. The van der Waals surface area contributed by atoms with E-state index in [4.69, 9.17) is 0 Å². The summed E-state index contributed by atoms with van der Waals surface area (Å²) in [5, 5.41) is 2.89. The monoisotopic (exact) mass is 455 g/mol. The van der Waals surface area contributed by atoms with Crippen LogP contribution in [0.15, 0.2) is 73.3 Å². The molecule has 2 amide bonds. The Labute approximate surface area is 197 Å². The lowest BCUT2D eigenvalue weighted by atomic mass is 10.2. The summed E-state index contributed by atoms with van der Waals surface area (Å²) in [6.45, 7) is 2.55. The minimum absolute atomic E-state index is 0.0131. The van der Waals surface area contributed by atoms with E-state index in [-0.39, 0.29) is 24.7 Å². The van der Waals surface area contributed by atoms with Crippen molar-refractivity contribution >= 4 is 34.5 Å². The van der Waals surface area contributed by atoms with Crippen LogP contribution >= 0.6 is 0 Å². The molecular formula is C25H25N7O2. The number of nitrogens with zero attached hydrogens (tertiary/aromatic N) is 6. The molecule has 1 saturated heterocycles. The molecule has 9 heteroatoms. The Morgan fingerprint density at radius 1 is 0.853 bits per heavy atom. The molecule has 172 valence electrons. The number of para-hydroxylation sites is 1. The molecule has 1 aliphatic heterocycles. The predicted octanol–water partition coefficient (Wildman–Crippen LogP) is 2.88. The van der Waals surface area contributed by atoms with Crippen LogP contribution in [0.3, 0.4) is 0 Å². The number of hydrogen-bond donors (Lipinski definition) is 1. The second kappa shape index (κ2) is 9.70. The minimum atomic E-state index is -0.188. The van der Waals surface area contributed by atoms with Crippen LogP contribution in [0.25, 0.3) is 16.7 Å². The Morgan fingerprint density at radius 2 is 1.62 bits per heavy atom.